The Kier molecular flexibility index (Phi) is 10.1. The lowest BCUT2D eigenvalue weighted by molar-refractivity contribution is -0.119. The van der Waals surface area contributed by atoms with E-state index < -0.39 is 5.97 Å². The Labute approximate surface area is 164 Å². The van der Waals surface area contributed by atoms with E-state index in [1.807, 2.05) is 0 Å². The maximum Gasteiger partial charge on any atom is 0.338 e. The van der Waals surface area contributed by atoms with Gasteiger partial charge in [0, 0.05) is 6.92 Å². The van der Waals surface area contributed by atoms with Gasteiger partial charge in [-0.1, -0.05) is 0 Å². The smallest absolute Gasteiger partial charge is 0.338 e. The second-order valence-electron chi connectivity index (χ2n) is 5.81. The summed E-state index contributed by atoms with van der Waals surface area (Å²) in [4.78, 5) is 23.0. The number of ether oxygens (including phenoxy) is 6. The fourth-order valence-electron chi connectivity index (χ4n) is 2.28. The fraction of sp³-hybridized carbons (Fsp3) is 0.579. The summed E-state index contributed by atoms with van der Waals surface area (Å²) in [6, 6.07) is 4.82. The van der Waals surface area contributed by atoms with Crippen molar-refractivity contribution in [2.45, 2.75) is 6.92 Å². The zero-order chi connectivity index (χ0) is 20.0. The lowest BCUT2D eigenvalue weighted by Gasteiger charge is -2.14. The van der Waals surface area contributed by atoms with Crippen molar-refractivity contribution < 1.29 is 38.0 Å². The van der Waals surface area contributed by atoms with Crippen molar-refractivity contribution in [1.82, 2.24) is 5.32 Å². The van der Waals surface area contributed by atoms with Crippen molar-refractivity contribution in [2.75, 3.05) is 66.0 Å². The van der Waals surface area contributed by atoms with Crippen LogP contribution in [0.15, 0.2) is 18.2 Å². The highest BCUT2D eigenvalue weighted by Gasteiger charge is 2.13. The molecular formula is C19H27NO8. The van der Waals surface area contributed by atoms with Crippen molar-refractivity contribution in [3.05, 3.63) is 23.8 Å². The first kappa shape index (κ1) is 21.9. The number of nitrogens with one attached hydrogen (secondary N) is 1. The first-order chi connectivity index (χ1) is 13.7. The SMILES string of the molecule is CC(=O)NCCOC(=O)c1ccc2c(c1)OCCOCCOCCOCCO2. The summed E-state index contributed by atoms with van der Waals surface area (Å²) < 4.78 is 32.8. The van der Waals surface area contributed by atoms with Crippen molar-refractivity contribution in [3.8, 4) is 11.5 Å². The molecule has 1 aromatic rings. The van der Waals surface area contributed by atoms with Gasteiger partial charge in [0.15, 0.2) is 11.5 Å². The molecule has 2 rings (SSSR count). The maximum atomic E-state index is 12.2. The molecule has 0 unspecified atom stereocenters. The van der Waals surface area contributed by atoms with Crippen LogP contribution in [0.4, 0.5) is 0 Å². The Morgan fingerprint density at radius 3 is 2.07 bits per heavy atom. The van der Waals surface area contributed by atoms with E-state index in [2.05, 4.69) is 5.32 Å². The normalized spacial score (nSPS) is 16.3. The Hall–Kier alpha value is -2.36. The van der Waals surface area contributed by atoms with Crippen LogP contribution < -0.4 is 14.8 Å². The van der Waals surface area contributed by atoms with Crippen molar-refractivity contribution >= 4 is 11.9 Å². The highest BCUT2D eigenvalue weighted by molar-refractivity contribution is 5.90. The topological polar surface area (TPSA) is 102 Å². The van der Waals surface area contributed by atoms with Crippen LogP contribution >= 0.6 is 0 Å². The molecule has 0 atom stereocenters. The van der Waals surface area contributed by atoms with Gasteiger partial charge in [0.25, 0.3) is 0 Å². The van der Waals surface area contributed by atoms with E-state index in [0.29, 0.717) is 69.9 Å². The second-order valence-corrected chi connectivity index (χ2v) is 5.81. The monoisotopic (exact) mass is 397 g/mol. The molecule has 0 radical (unpaired) electrons. The second kappa shape index (κ2) is 12.9. The van der Waals surface area contributed by atoms with Crippen LogP contribution in [0, 0.1) is 0 Å². The van der Waals surface area contributed by atoms with Gasteiger partial charge in [-0.2, -0.15) is 0 Å². The van der Waals surface area contributed by atoms with E-state index in [1.165, 1.54) is 6.92 Å². The largest absolute Gasteiger partial charge is 0.487 e. The molecule has 9 nitrogen and oxygen atoms in total. The van der Waals surface area contributed by atoms with Crippen molar-refractivity contribution in [1.29, 1.82) is 0 Å². The molecule has 1 N–H and O–H groups in total. The summed E-state index contributed by atoms with van der Waals surface area (Å²) in [7, 11) is 0. The Bertz CT molecular complexity index is 622. The van der Waals surface area contributed by atoms with Gasteiger partial charge in [0.1, 0.15) is 19.8 Å². The predicted octanol–water partition coefficient (Wildman–Crippen LogP) is 0.801. The third kappa shape index (κ3) is 8.55. The number of carbonyl (C=O) groups is 2. The van der Waals surface area contributed by atoms with Crippen LogP contribution in [-0.2, 0) is 23.7 Å². The molecule has 0 saturated carbocycles. The van der Waals surface area contributed by atoms with E-state index in [9.17, 15) is 9.59 Å². The van der Waals surface area contributed by atoms with Gasteiger partial charge >= 0.3 is 5.97 Å². The molecule has 0 saturated heterocycles. The molecule has 0 aromatic heterocycles. The fourth-order valence-corrected chi connectivity index (χ4v) is 2.28. The predicted molar refractivity (Wildman–Crippen MR) is 98.9 cm³/mol. The summed E-state index contributed by atoms with van der Waals surface area (Å²) in [5.74, 6) is 0.237. The molecule has 0 spiro atoms. The number of rotatable bonds is 4. The Morgan fingerprint density at radius 1 is 0.893 bits per heavy atom. The summed E-state index contributed by atoms with van der Waals surface area (Å²) in [6.07, 6.45) is 0. The third-order valence-electron chi connectivity index (χ3n) is 3.60. The number of amides is 1. The lowest BCUT2D eigenvalue weighted by atomic mass is 10.2. The highest BCUT2D eigenvalue weighted by Crippen LogP contribution is 2.29. The van der Waals surface area contributed by atoms with Gasteiger partial charge < -0.3 is 33.7 Å². The third-order valence-corrected chi connectivity index (χ3v) is 3.60. The number of fused-ring (bicyclic) bond motifs is 1. The zero-order valence-electron chi connectivity index (χ0n) is 16.1. The number of hydrogen-bond donors (Lipinski definition) is 1. The van der Waals surface area contributed by atoms with Gasteiger partial charge in [-0.25, -0.2) is 4.79 Å². The van der Waals surface area contributed by atoms with E-state index in [0.717, 1.165) is 0 Å². The number of benzene rings is 1. The molecule has 1 aliphatic rings. The summed E-state index contributed by atoms with van der Waals surface area (Å²) in [5, 5.41) is 2.56. The summed E-state index contributed by atoms with van der Waals surface area (Å²) in [5.41, 5.74) is 0.327. The van der Waals surface area contributed by atoms with Gasteiger partial charge in [-0.05, 0) is 18.2 Å². The molecule has 0 fully saturated rings. The average molecular weight is 397 g/mol. The van der Waals surface area contributed by atoms with Crippen LogP contribution in [-0.4, -0.2) is 77.9 Å². The van der Waals surface area contributed by atoms with Gasteiger partial charge in [0.05, 0.1) is 51.7 Å². The molecule has 1 amide bonds. The standard InChI is InChI=1S/C19H27NO8/c1-15(21)20-4-5-28-19(22)16-2-3-17-18(14-16)27-13-11-25-9-7-23-6-8-24-10-12-26-17/h2-3,14H,4-13H2,1H3,(H,20,21). The zero-order valence-corrected chi connectivity index (χ0v) is 16.1. The quantitative estimate of drug-likeness (QED) is 0.588. The van der Waals surface area contributed by atoms with Gasteiger partial charge in [-0.3, -0.25) is 4.79 Å². The maximum absolute atomic E-state index is 12.2. The van der Waals surface area contributed by atoms with Crippen LogP contribution in [0.5, 0.6) is 11.5 Å². The molecule has 1 aliphatic heterocycles. The van der Waals surface area contributed by atoms with Crippen molar-refractivity contribution in [3.63, 3.8) is 0 Å². The van der Waals surface area contributed by atoms with Gasteiger partial charge in [0.2, 0.25) is 5.91 Å². The van der Waals surface area contributed by atoms with Crippen LogP contribution in [0.2, 0.25) is 0 Å². The number of carbonyl (C=O) groups excluding carboxylic acids is 2. The minimum Gasteiger partial charge on any atom is -0.487 e. The van der Waals surface area contributed by atoms with E-state index in [1.54, 1.807) is 18.2 Å². The van der Waals surface area contributed by atoms with Crippen LogP contribution in [0.3, 0.4) is 0 Å². The van der Waals surface area contributed by atoms with E-state index >= 15 is 0 Å². The van der Waals surface area contributed by atoms with Gasteiger partial charge in [-0.15, -0.1) is 0 Å². The van der Waals surface area contributed by atoms with E-state index in [4.69, 9.17) is 28.4 Å². The minimum absolute atomic E-state index is 0.0834. The average Bonchev–Trinajstić information content (AvgIpc) is 2.69. The summed E-state index contributed by atoms with van der Waals surface area (Å²) in [6.45, 7) is 5.11. The van der Waals surface area contributed by atoms with Crippen LogP contribution in [0.1, 0.15) is 17.3 Å². The molecule has 1 aromatic carbocycles. The first-order valence-electron chi connectivity index (χ1n) is 9.21. The first-order valence-corrected chi connectivity index (χ1v) is 9.21. The van der Waals surface area contributed by atoms with Crippen molar-refractivity contribution in [2.24, 2.45) is 0 Å². The molecule has 9 heteroatoms. The molecule has 28 heavy (non-hydrogen) atoms. The molecule has 0 bridgehead atoms. The number of esters is 1. The lowest BCUT2D eigenvalue weighted by Crippen LogP contribution is -2.25. The highest BCUT2D eigenvalue weighted by atomic mass is 16.6. The molecule has 156 valence electrons. The van der Waals surface area contributed by atoms with Crippen LogP contribution in [0.25, 0.3) is 0 Å². The van der Waals surface area contributed by atoms with E-state index in [-0.39, 0.29) is 19.1 Å². The summed E-state index contributed by atoms with van der Waals surface area (Å²) >= 11 is 0. The minimum atomic E-state index is -0.510. The number of hydrogen-bond acceptors (Lipinski definition) is 8. The Balaban J connectivity index is 1.96. The Morgan fingerprint density at radius 2 is 1.46 bits per heavy atom. The molecular weight excluding hydrogens is 370 g/mol. The molecule has 1 heterocycles. The molecule has 0 aliphatic carbocycles.